The Morgan fingerprint density at radius 3 is 2.41 bits per heavy atom. The van der Waals surface area contributed by atoms with Crippen LogP contribution in [0.2, 0.25) is 0 Å². The van der Waals surface area contributed by atoms with Crippen LogP contribution in [0.4, 0.5) is 5.69 Å². The van der Waals surface area contributed by atoms with E-state index < -0.39 is 0 Å². The van der Waals surface area contributed by atoms with Crippen LogP contribution in [0.15, 0.2) is 30.3 Å². The van der Waals surface area contributed by atoms with E-state index in [1.54, 1.807) is 0 Å². The lowest BCUT2D eigenvalue weighted by molar-refractivity contribution is -0.133. The van der Waals surface area contributed by atoms with Crippen molar-refractivity contribution in [3.63, 3.8) is 0 Å². The van der Waals surface area contributed by atoms with Crippen molar-refractivity contribution in [2.24, 2.45) is 0 Å². The van der Waals surface area contributed by atoms with Crippen LogP contribution in [0, 0.1) is 0 Å². The van der Waals surface area contributed by atoms with E-state index in [4.69, 9.17) is 0 Å². The van der Waals surface area contributed by atoms with Gasteiger partial charge in [-0.15, -0.1) is 0 Å². The number of para-hydroxylation sites is 1. The Hall–Kier alpha value is -1.92. The van der Waals surface area contributed by atoms with E-state index in [0.29, 0.717) is 12.6 Å². The zero-order valence-electron chi connectivity index (χ0n) is 16.2. The van der Waals surface area contributed by atoms with Gasteiger partial charge in [0, 0.05) is 51.5 Å². The molecule has 1 atom stereocenters. The summed E-state index contributed by atoms with van der Waals surface area (Å²) >= 11 is 0. The average molecular weight is 370 g/mol. The molecule has 146 valence electrons. The molecule has 2 heterocycles. The number of nitrogens with zero attached hydrogens (tertiary/aromatic N) is 4. The number of piperazine rings is 1. The Balaban J connectivity index is 1.31. The molecule has 3 fully saturated rings. The van der Waals surface area contributed by atoms with Crippen LogP contribution in [0.3, 0.4) is 0 Å². The summed E-state index contributed by atoms with van der Waals surface area (Å²) in [4.78, 5) is 33.8. The molecular weight excluding hydrogens is 340 g/mol. The monoisotopic (exact) mass is 370 g/mol. The minimum Gasteiger partial charge on any atom is -0.342 e. The fourth-order valence-electron chi connectivity index (χ4n) is 4.26. The highest BCUT2D eigenvalue weighted by Gasteiger charge is 2.36. The highest BCUT2D eigenvalue weighted by atomic mass is 16.2. The summed E-state index contributed by atoms with van der Waals surface area (Å²) in [5.41, 5.74) is 1.000. The van der Waals surface area contributed by atoms with Gasteiger partial charge in [-0.3, -0.25) is 19.4 Å². The largest absolute Gasteiger partial charge is 0.342 e. The van der Waals surface area contributed by atoms with Crippen LogP contribution in [-0.4, -0.2) is 84.9 Å². The lowest BCUT2D eigenvalue weighted by atomic mass is 10.0. The van der Waals surface area contributed by atoms with E-state index in [9.17, 15) is 9.59 Å². The van der Waals surface area contributed by atoms with Gasteiger partial charge in [-0.05, 0) is 37.8 Å². The summed E-state index contributed by atoms with van der Waals surface area (Å²) in [5.74, 6) is 0.459. The number of carbonyl (C=O) groups excluding carboxylic acids is 2. The molecule has 1 aromatic rings. The molecule has 1 aromatic carbocycles. The predicted molar refractivity (Wildman–Crippen MR) is 106 cm³/mol. The van der Waals surface area contributed by atoms with Crippen molar-refractivity contribution in [2.75, 3.05) is 51.2 Å². The van der Waals surface area contributed by atoms with Crippen molar-refractivity contribution in [1.82, 2.24) is 14.7 Å². The van der Waals surface area contributed by atoms with Gasteiger partial charge in [-0.1, -0.05) is 18.2 Å². The highest BCUT2D eigenvalue weighted by Crippen LogP contribution is 2.26. The summed E-state index contributed by atoms with van der Waals surface area (Å²) in [6.07, 6.45) is 4.27. The van der Waals surface area contributed by atoms with E-state index in [-0.39, 0.29) is 17.9 Å². The van der Waals surface area contributed by atoms with E-state index >= 15 is 0 Å². The Kier molecular flexibility index (Phi) is 5.45. The van der Waals surface area contributed by atoms with Crippen LogP contribution < -0.4 is 4.90 Å². The smallest absolute Gasteiger partial charge is 0.244 e. The van der Waals surface area contributed by atoms with Crippen LogP contribution in [-0.2, 0) is 9.59 Å². The molecule has 2 amide bonds. The normalized spacial score (nSPS) is 24.9. The molecular formula is C21H30N4O2. The predicted octanol–water partition coefficient (Wildman–Crippen LogP) is 1.42. The maximum absolute atomic E-state index is 13.1. The molecule has 0 bridgehead atoms. The van der Waals surface area contributed by atoms with Crippen LogP contribution >= 0.6 is 0 Å². The number of benzene rings is 1. The fraction of sp³-hybridized carbons (Fsp3) is 0.619. The number of hydrogen-bond donors (Lipinski definition) is 0. The van der Waals surface area contributed by atoms with Crippen molar-refractivity contribution in [3.8, 4) is 0 Å². The summed E-state index contributed by atoms with van der Waals surface area (Å²) in [6, 6.07) is 10.4. The van der Waals surface area contributed by atoms with Crippen molar-refractivity contribution < 1.29 is 9.59 Å². The Morgan fingerprint density at radius 2 is 1.74 bits per heavy atom. The Bertz CT molecular complexity index is 668. The molecule has 0 aromatic heterocycles. The van der Waals surface area contributed by atoms with Gasteiger partial charge in [0.2, 0.25) is 11.8 Å². The van der Waals surface area contributed by atoms with E-state index in [1.165, 1.54) is 0 Å². The van der Waals surface area contributed by atoms with Crippen LogP contribution in [0.5, 0.6) is 0 Å². The molecule has 0 radical (unpaired) electrons. The third-order valence-corrected chi connectivity index (χ3v) is 6.17. The third kappa shape index (κ3) is 4.17. The van der Waals surface area contributed by atoms with Crippen molar-refractivity contribution >= 4 is 17.5 Å². The number of anilines is 1. The molecule has 0 N–H and O–H groups in total. The molecule has 6 nitrogen and oxygen atoms in total. The molecule has 27 heavy (non-hydrogen) atoms. The number of piperidine rings is 1. The molecule has 0 spiro atoms. The molecule has 4 rings (SSSR count). The number of likely N-dealkylation sites (N-methyl/N-ethyl adjacent to an activating group) is 1. The van der Waals surface area contributed by atoms with Gasteiger partial charge in [0.15, 0.2) is 0 Å². The standard InChI is InChI=1S/C21H30N4O2/c1-22(17-9-10-17)20(26)16-23-12-14-24(15-13-23)19-8-5-11-25(21(19)27)18-6-3-2-4-7-18/h2-4,6-7,17,19H,5,8-16H2,1H3/t19-/m1/s1. The molecule has 2 aliphatic heterocycles. The first kappa shape index (κ1) is 18.4. The van der Waals surface area contributed by atoms with Crippen molar-refractivity contribution in [1.29, 1.82) is 0 Å². The minimum atomic E-state index is -0.0223. The number of carbonyl (C=O) groups is 2. The number of rotatable bonds is 5. The first-order valence-corrected chi connectivity index (χ1v) is 10.2. The average Bonchev–Trinajstić information content (AvgIpc) is 3.54. The van der Waals surface area contributed by atoms with Crippen LogP contribution in [0.1, 0.15) is 25.7 Å². The van der Waals surface area contributed by atoms with Gasteiger partial charge in [-0.25, -0.2) is 0 Å². The van der Waals surface area contributed by atoms with E-state index in [0.717, 1.165) is 64.1 Å². The van der Waals surface area contributed by atoms with Gasteiger partial charge in [-0.2, -0.15) is 0 Å². The summed E-state index contributed by atoms with van der Waals surface area (Å²) in [5, 5.41) is 0. The first-order chi connectivity index (χ1) is 13.1. The maximum atomic E-state index is 13.1. The molecule has 6 heteroatoms. The zero-order valence-corrected chi connectivity index (χ0v) is 16.2. The summed E-state index contributed by atoms with van der Waals surface area (Å²) < 4.78 is 0. The molecule has 3 aliphatic rings. The topological polar surface area (TPSA) is 47.1 Å². The van der Waals surface area contributed by atoms with Gasteiger partial charge >= 0.3 is 0 Å². The summed E-state index contributed by atoms with van der Waals surface area (Å²) in [6.45, 7) is 4.76. The summed E-state index contributed by atoms with van der Waals surface area (Å²) in [7, 11) is 1.93. The minimum absolute atomic E-state index is 0.0223. The highest BCUT2D eigenvalue weighted by molar-refractivity contribution is 5.97. The van der Waals surface area contributed by atoms with Gasteiger partial charge in [0.05, 0.1) is 12.6 Å². The maximum Gasteiger partial charge on any atom is 0.244 e. The zero-order chi connectivity index (χ0) is 18.8. The third-order valence-electron chi connectivity index (χ3n) is 6.17. The van der Waals surface area contributed by atoms with Crippen LogP contribution in [0.25, 0.3) is 0 Å². The van der Waals surface area contributed by atoms with Gasteiger partial charge in [0.1, 0.15) is 0 Å². The molecule has 1 aliphatic carbocycles. The molecule has 2 saturated heterocycles. The Morgan fingerprint density at radius 1 is 1.04 bits per heavy atom. The SMILES string of the molecule is CN(C(=O)CN1CCN([C@@H]2CCCN(c3ccccc3)C2=O)CC1)C1CC1. The van der Waals surface area contributed by atoms with Crippen molar-refractivity contribution in [2.45, 2.75) is 37.8 Å². The van der Waals surface area contributed by atoms with E-state index in [1.807, 2.05) is 47.2 Å². The van der Waals surface area contributed by atoms with Gasteiger partial charge < -0.3 is 9.80 Å². The second-order valence-corrected chi connectivity index (χ2v) is 8.03. The van der Waals surface area contributed by atoms with Gasteiger partial charge in [0.25, 0.3) is 0 Å². The van der Waals surface area contributed by atoms with Crippen molar-refractivity contribution in [3.05, 3.63) is 30.3 Å². The Labute approximate surface area is 161 Å². The first-order valence-electron chi connectivity index (χ1n) is 10.2. The number of hydrogen-bond acceptors (Lipinski definition) is 4. The number of amides is 2. The quantitative estimate of drug-likeness (QED) is 0.787. The molecule has 0 unspecified atom stereocenters. The second kappa shape index (κ2) is 7.98. The second-order valence-electron chi connectivity index (χ2n) is 8.03. The fourth-order valence-corrected chi connectivity index (χ4v) is 4.26. The van der Waals surface area contributed by atoms with E-state index in [2.05, 4.69) is 9.80 Å². The lowest BCUT2D eigenvalue weighted by Gasteiger charge is -2.42. The molecule has 1 saturated carbocycles. The lowest BCUT2D eigenvalue weighted by Crippen LogP contribution is -2.58.